The van der Waals surface area contributed by atoms with Crippen LogP contribution in [0.1, 0.15) is 39.0 Å². The quantitative estimate of drug-likeness (QED) is 0.700. The van der Waals surface area contributed by atoms with Gasteiger partial charge in [-0.3, -0.25) is 4.79 Å². The molecule has 0 atom stereocenters. The fourth-order valence-electron chi connectivity index (χ4n) is 2.50. The Morgan fingerprint density at radius 1 is 1.23 bits per heavy atom. The topological polar surface area (TPSA) is 72.2 Å². The van der Waals surface area contributed by atoms with E-state index in [9.17, 15) is 4.79 Å². The highest BCUT2D eigenvalue weighted by Gasteiger charge is 2.21. The number of aromatic nitrogens is 4. The number of benzene rings is 1. The van der Waals surface area contributed by atoms with Gasteiger partial charge >= 0.3 is 0 Å². The molecule has 0 saturated heterocycles. The van der Waals surface area contributed by atoms with Crippen LogP contribution in [0.5, 0.6) is 0 Å². The molecule has 0 aliphatic rings. The van der Waals surface area contributed by atoms with E-state index in [4.69, 9.17) is 0 Å². The van der Waals surface area contributed by atoms with Gasteiger partial charge in [0.25, 0.3) is 5.78 Å². The van der Waals surface area contributed by atoms with Gasteiger partial charge < -0.3 is 5.32 Å². The summed E-state index contributed by atoms with van der Waals surface area (Å²) in [4.78, 5) is 21.9. The first kappa shape index (κ1) is 18.4. The van der Waals surface area contributed by atoms with Crippen LogP contribution in [0.2, 0.25) is 0 Å². The van der Waals surface area contributed by atoms with E-state index in [1.807, 2.05) is 52.0 Å². The second-order valence-corrected chi connectivity index (χ2v) is 8.20. The summed E-state index contributed by atoms with van der Waals surface area (Å²) in [6, 6.07) is 7.84. The summed E-state index contributed by atoms with van der Waals surface area (Å²) >= 11 is 1.63. The molecule has 26 heavy (non-hydrogen) atoms. The van der Waals surface area contributed by atoms with E-state index in [1.54, 1.807) is 16.3 Å². The summed E-state index contributed by atoms with van der Waals surface area (Å²) < 4.78 is 1.78. The van der Waals surface area contributed by atoms with Crippen molar-refractivity contribution in [2.75, 3.05) is 5.32 Å². The number of fused-ring (bicyclic) bond motifs is 1. The molecular formula is C19H23N5OS. The molecule has 0 aliphatic heterocycles. The highest BCUT2D eigenvalue weighted by molar-refractivity contribution is 7.99. The standard InChI is InChI=1S/C19H23N5OS/c1-6-15-12(2)22-18-20-11-21-24(18)16(15)26-14-9-7-13(8-10-14)23-17(25)19(3,4)5/h7-11H,6H2,1-5H3,(H,23,25). The zero-order chi connectivity index (χ0) is 18.9. The molecule has 3 aromatic rings. The molecule has 0 bridgehead atoms. The molecule has 136 valence electrons. The number of anilines is 1. The molecule has 1 amide bonds. The second kappa shape index (κ2) is 7.07. The Bertz CT molecular complexity index is 941. The van der Waals surface area contributed by atoms with E-state index < -0.39 is 5.41 Å². The molecule has 6 nitrogen and oxygen atoms in total. The Hall–Kier alpha value is -2.41. The van der Waals surface area contributed by atoms with Gasteiger partial charge in [-0.15, -0.1) is 0 Å². The van der Waals surface area contributed by atoms with Crippen molar-refractivity contribution in [1.82, 2.24) is 19.6 Å². The summed E-state index contributed by atoms with van der Waals surface area (Å²) in [6.07, 6.45) is 2.40. The third-order valence-electron chi connectivity index (χ3n) is 4.05. The number of amides is 1. The number of carbonyl (C=O) groups excluding carboxylic acids is 1. The van der Waals surface area contributed by atoms with Crippen molar-refractivity contribution in [2.45, 2.75) is 51.0 Å². The molecule has 0 unspecified atom stereocenters. The summed E-state index contributed by atoms with van der Waals surface area (Å²) in [5, 5.41) is 8.28. The molecule has 0 aliphatic carbocycles. The minimum absolute atomic E-state index is 0.000236. The normalized spacial score (nSPS) is 11.7. The van der Waals surface area contributed by atoms with Crippen molar-refractivity contribution < 1.29 is 4.79 Å². The molecule has 2 heterocycles. The first-order chi connectivity index (χ1) is 12.3. The van der Waals surface area contributed by atoms with Crippen LogP contribution < -0.4 is 5.32 Å². The highest BCUT2D eigenvalue weighted by Crippen LogP contribution is 2.32. The fraction of sp³-hybridized carbons (Fsp3) is 0.368. The molecular weight excluding hydrogens is 346 g/mol. The van der Waals surface area contributed by atoms with Crippen molar-refractivity contribution in [1.29, 1.82) is 0 Å². The van der Waals surface area contributed by atoms with Crippen molar-refractivity contribution in [3.63, 3.8) is 0 Å². The van der Waals surface area contributed by atoms with Crippen LogP contribution >= 0.6 is 11.8 Å². The smallest absolute Gasteiger partial charge is 0.253 e. The van der Waals surface area contributed by atoms with Gasteiger partial charge in [-0.25, -0.2) is 4.98 Å². The predicted molar refractivity (Wildman–Crippen MR) is 104 cm³/mol. The fourth-order valence-corrected chi connectivity index (χ4v) is 3.63. The lowest BCUT2D eigenvalue weighted by Crippen LogP contribution is -2.27. The molecule has 1 N–H and O–H groups in total. The zero-order valence-corrected chi connectivity index (χ0v) is 16.5. The van der Waals surface area contributed by atoms with Crippen molar-refractivity contribution in [3.05, 3.63) is 41.9 Å². The van der Waals surface area contributed by atoms with E-state index in [2.05, 4.69) is 27.3 Å². The van der Waals surface area contributed by atoms with Gasteiger partial charge in [-0.05, 0) is 37.6 Å². The van der Waals surface area contributed by atoms with Crippen LogP contribution in [-0.2, 0) is 11.2 Å². The van der Waals surface area contributed by atoms with Crippen LogP contribution in [0.15, 0.2) is 40.5 Å². The minimum atomic E-state index is -0.420. The molecule has 3 rings (SSSR count). The first-order valence-electron chi connectivity index (χ1n) is 8.58. The van der Waals surface area contributed by atoms with Gasteiger partial charge in [-0.2, -0.15) is 14.6 Å². The average molecular weight is 369 g/mol. The lowest BCUT2D eigenvalue weighted by atomic mass is 9.95. The Morgan fingerprint density at radius 3 is 2.54 bits per heavy atom. The van der Waals surface area contributed by atoms with Crippen LogP contribution in [0.3, 0.4) is 0 Å². The number of hydrogen-bond donors (Lipinski definition) is 1. The molecule has 0 fully saturated rings. The van der Waals surface area contributed by atoms with E-state index in [1.165, 1.54) is 6.33 Å². The number of aryl methyl sites for hydroxylation is 1. The van der Waals surface area contributed by atoms with E-state index >= 15 is 0 Å². The maximum atomic E-state index is 12.1. The van der Waals surface area contributed by atoms with E-state index in [-0.39, 0.29) is 5.91 Å². The summed E-state index contributed by atoms with van der Waals surface area (Å²) in [5.74, 6) is 0.608. The van der Waals surface area contributed by atoms with Gasteiger partial charge in [-0.1, -0.05) is 39.5 Å². The summed E-state index contributed by atoms with van der Waals surface area (Å²) in [7, 11) is 0. The molecule has 1 aromatic carbocycles. The number of rotatable bonds is 4. The lowest BCUT2D eigenvalue weighted by molar-refractivity contribution is -0.123. The Morgan fingerprint density at radius 2 is 1.92 bits per heavy atom. The number of nitrogens with one attached hydrogen (secondary N) is 1. The first-order valence-corrected chi connectivity index (χ1v) is 9.40. The zero-order valence-electron chi connectivity index (χ0n) is 15.7. The van der Waals surface area contributed by atoms with Crippen molar-refractivity contribution in [2.24, 2.45) is 5.41 Å². The van der Waals surface area contributed by atoms with Gasteiger partial charge in [0, 0.05) is 27.3 Å². The Kier molecular flexibility index (Phi) is 5.00. The van der Waals surface area contributed by atoms with Crippen molar-refractivity contribution in [3.8, 4) is 0 Å². The second-order valence-electron chi connectivity index (χ2n) is 7.14. The van der Waals surface area contributed by atoms with Crippen LogP contribution in [0, 0.1) is 12.3 Å². The monoisotopic (exact) mass is 369 g/mol. The van der Waals surface area contributed by atoms with Crippen LogP contribution in [-0.4, -0.2) is 25.5 Å². The Balaban J connectivity index is 1.87. The van der Waals surface area contributed by atoms with Crippen molar-refractivity contribution >= 4 is 29.1 Å². The van der Waals surface area contributed by atoms with Gasteiger partial charge in [0.15, 0.2) is 0 Å². The molecule has 0 saturated carbocycles. The minimum Gasteiger partial charge on any atom is -0.326 e. The maximum absolute atomic E-state index is 12.1. The van der Waals surface area contributed by atoms with Gasteiger partial charge in [0.05, 0.1) is 0 Å². The largest absolute Gasteiger partial charge is 0.326 e. The molecule has 0 spiro atoms. The van der Waals surface area contributed by atoms with Gasteiger partial charge in [0.1, 0.15) is 11.4 Å². The van der Waals surface area contributed by atoms with Crippen LogP contribution in [0.25, 0.3) is 5.78 Å². The third-order valence-corrected chi connectivity index (χ3v) is 5.17. The number of carbonyl (C=O) groups is 1. The number of hydrogen-bond acceptors (Lipinski definition) is 5. The van der Waals surface area contributed by atoms with E-state index in [0.29, 0.717) is 5.78 Å². The SMILES string of the molecule is CCc1c(C)nc2ncnn2c1Sc1ccc(NC(=O)C(C)(C)C)cc1. The van der Waals surface area contributed by atoms with Gasteiger partial charge in [0.2, 0.25) is 5.91 Å². The third kappa shape index (κ3) is 3.72. The molecule has 2 aromatic heterocycles. The lowest BCUT2D eigenvalue weighted by Gasteiger charge is -2.17. The Labute approximate surface area is 157 Å². The summed E-state index contributed by atoms with van der Waals surface area (Å²) in [5.41, 5.74) is 2.51. The predicted octanol–water partition coefficient (Wildman–Crippen LogP) is 4.13. The number of nitrogens with zero attached hydrogens (tertiary/aromatic N) is 4. The van der Waals surface area contributed by atoms with E-state index in [0.717, 1.165) is 33.3 Å². The highest BCUT2D eigenvalue weighted by atomic mass is 32.2. The molecule has 0 radical (unpaired) electrons. The average Bonchev–Trinajstić information content (AvgIpc) is 3.04. The van der Waals surface area contributed by atoms with Crippen LogP contribution in [0.4, 0.5) is 5.69 Å². The maximum Gasteiger partial charge on any atom is 0.253 e. The summed E-state index contributed by atoms with van der Waals surface area (Å²) in [6.45, 7) is 9.81. The molecule has 7 heteroatoms.